The second kappa shape index (κ2) is 4.51. The molecule has 0 radical (unpaired) electrons. The van der Waals surface area contributed by atoms with Gasteiger partial charge in [0.1, 0.15) is 4.21 Å². The molecule has 0 bridgehead atoms. The van der Waals surface area contributed by atoms with E-state index in [1.165, 1.54) is 37.0 Å². The average Bonchev–Trinajstić information content (AvgIpc) is 3.21. The zero-order chi connectivity index (χ0) is 12.8. The largest absolute Gasteiger partial charge is 0.398 e. The molecule has 0 unspecified atom stereocenters. The normalized spacial score (nSPS) is 20.5. The van der Waals surface area contributed by atoms with Gasteiger partial charge >= 0.3 is 0 Å². The lowest BCUT2D eigenvalue weighted by Crippen LogP contribution is -2.34. The zero-order valence-electron chi connectivity index (χ0n) is 10.2. The third kappa shape index (κ3) is 2.70. The van der Waals surface area contributed by atoms with E-state index in [4.69, 9.17) is 5.73 Å². The van der Waals surface area contributed by atoms with E-state index in [0.717, 1.165) is 0 Å². The summed E-state index contributed by atoms with van der Waals surface area (Å²) < 4.78 is 27.2. The molecule has 0 aromatic carbocycles. The molecule has 6 heteroatoms. The lowest BCUT2D eigenvalue weighted by Gasteiger charge is -2.21. The summed E-state index contributed by atoms with van der Waals surface area (Å²) in [5.74, 6) is 1.16. The van der Waals surface area contributed by atoms with Crippen molar-refractivity contribution in [3.8, 4) is 0 Å². The molecule has 2 saturated carbocycles. The summed E-state index contributed by atoms with van der Waals surface area (Å²) in [5, 5.41) is 1.69. The maximum absolute atomic E-state index is 12.6. The van der Waals surface area contributed by atoms with Gasteiger partial charge in [-0.2, -0.15) is 4.31 Å². The highest BCUT2D eigenvalue weighted by Crippen LogP contribution is 2.36. The fourth-order valence-electron chi connectivity index (χ4n) is 2.04. The van der Waals surface area contributed by atoms with Crippen molar-refractivity contribution in [2.75, 3.05) is 18.8 Å². The van der Waals surface area contributed by atoms with Crippen LogP contribution in [0.1, 0.15) is 25.7 Å². The summed E-state index contributed by atoms with van der Waals surface area (Å²) >= 11 is 1.23. The van der Waals surface area contributed by atoms with Crippen LogP contribution in [0.2, 0.25) is 0 Å². The van der Waals surface area contributed by atoms with Gasteiger partial charge in [-0.25, -0.2) is 8.42 Å². The third-order valence-electron chi connectivity index (χ3n) is 3.51. The molecule has 2 N–H and O–H groups in total. The Morgan fingerprint density at radius 1 is 1.22 bits per heavy atom. The molecular formula is C12H18N2O2S2. The Labute approximate surface area is 112 Å². The van der Waals surface area contributed by atoms with Gasteiger partial charge in [-0.1, -0.05) is 0 Å². The van der Waals surface area contributed by atoms with E-state index in [1.807, 2.05) is 0 Å². The maximum atomic E-state index is 12.6. The molecule has 1 aromatic rings. The number of anilines is 1. The molecular weight excluding hydrogens is 268 g/mol. The second-order valence-corrected chi connectivity index (χ2v) is 8.48. The van der Waals surface area contributed by atoms with Gasteiger partial charge in [0.05, 0.1) is 0 Å². The van der Waals surface area contributed by atoms with E-state index in [0.29, 0.717) is 34.8 Å². The van der Waals surface area contributed by atoms with Crippen LogP contribution >= 0.6 is 11.3 Å². The first-order chi connectivity index (χ1) is 8.55. The van der Waals surface area contributed by atoms with E-state index >= 15 is 0 Å². The number of nitrogens with zero attached hydrogens (tertiary/aromatic N) is 1. The molecule has 18 heavy (non-hydrogen) atoms. The van der Waals surface area contributed by atoms with E-state index in [9.17, 15) is 8.42 Å². The van der Waals surface area contributed by atoms with Gasteiger partial charge in [0.2, 0.25) is 0 Å². The highest BCUT2D eigenvalue weighted by atomic mass is 32.2. The maximum Gasteiger partial charge on any atom is 0.252 e. The molecule has 0 spiro atoms. The van der Waals surface area contributed by atoms with Crippen LogP contribution in [-0.2, 0) is 10.0 Å². The van der Waals surface area contributed by atoms with Gasteiger partial charge in [0.25, 0.3) is 10.0 Å². The second-order valence-electron chi connectivity index (χ2n) is 5.41. The van der Waals surface area contributed by atoms with Crippen molar-refractivity contribution < 1.29 is 8.42 Å². The average molecular weight is 286 g/mol. The smallest absolute Gasteiger partial charge is 0.252 e. The lowest BCUT2D eigenvalue weighted by molar-refractivity contribution is 0.383. The molecule has 2 aliphatic carbocycles. The van der Waals surface area contributed by atoms with E-state index < -0.39 is 10.0 Å². The summed E-state index contributed by atoms with van der Waals surface area (Å²) in [6.07, 6.45) is 4.68. The van der Waals surface area contributed by atoms with Crippen LogP contribution in [-0.4, -0.2) is 25.8 Å². The standard InChI is InChI=1S/C12H18N2O2S2/c13-11-5-12(17-8-11)18(15,16)14(6-9-1-2-9)7-10-3-4-10/h5,8-10H,1-4,6-7,13H2. The fourth-order valence-corrected chi connectivity index (χ4v) is 4.87. The van der Waals surface area contributed by atoms with Gasteiger partial charge in [0.15, 0.2) is 0 Å². The van der Waals surface area contributed by atoms with Crippen molar-refractivity contribution >= 4 is 27.0 Å². The summed E-state index contributed by atoms with van der Waals surface area (Å²) in [5.41, 5.74) is 6.17. The fraction of sp³-hybridized carbons (Fsp3) is 0.667. The summed E-state index contributed by atoms with van der Waals surface area (Å²) in [4.78, 5) is 0. The predicted molar refractivity (Wildman–Crippen MR) is 72.9 cm³/mol. The van der Waals surface area contributed by atoms with Crippen LogP contribution in [0.15, 0.2) is 15.7 Å². The Balaban J connectivity index is 1.81. The minimum Gasteiger partial charge on any atom is -0.398 e. The predicted octanol–water partition coefficient (Wildman–Crippen LogP) is 2.14. The molecule has 0 saturated heterocycles. The molecule has 0 atom stereocenters. The summed E-state index contributed by atoms with van der Waals surface area (Å²) in [6.45, 7) is 1.38. The first kappa shape index (κ1) is 12.4. The Morgan fingerprint density at radius 2 is 1.78 bits per heavy atom. The number of hydrogen-bond acceptors (Lipinski definition) is 4. The first-order valence-corrected chi connectivity index (χ1v) is 8.72. The van der Waals surface area contributed by atoms with E-state index in [2.05, 4.69) is 0 Å². The molecule has 1 heterocycles. The van der Waals surface area contributed by atoms with Crippen LogP contribution in [0, 0.1) is 11.8 Å². The first-order valence-electron chi connectivity index (χ1n) is 6.40. The molecule has 0 amide bonds. The molecule has 3 rings (SSSR count). The third-order valence-corrected chi connectivity index (χ3v) is 6.77. The Hall–Kier alpha value is -0.590. The van der Waals surface area contributed by atoms with Crippen LogP contribution in [0.5, 0.6) is 0 Å². The number of thiophene rings is 1. The minimum atomic E-state index is -3.32. The highest BCUT2D eigenvalue weighted by Gasteiger charge is 2.36. The van der Waals surface area contributed by atoms with Crippen molar-refractivity contribution in [3.63, 3.8) is 0 Å². The highest BCUT2D eigenvalue weighted by molar-refractivity contribution is 7.91. The van der Waals surface area contributed by atoms with Gasteiger partial charge in [-0.05, 0) is 43.6 Å². The molecule has 1 aromatic heterocycles. The number of hydrogen-bond donors (Lipinski definition) is 1. The summed E-state index contributed by atoms with van der Waals surface area (Å²) in [7, 11) is -3.32. The van der Waals surface area contributed by atoms with Gasteiger partial charge in [-0.3, -0.25) is 0 Å². The van der Waals surface area contributed by atoms with Crippen LogP contribution in [0.4, 0.5) is 5.69 Å². The SMILES string of the molecule is Nc1csc(S(=O)(=O)N(CC2CC2)CC2CC2)c1. The van der Waals surface area contributed by atoms with Crippen LogP contribution in [0.3, 0.4) is 0 Å². The molecule has 100 valence electrons. The Morgan fingerprint density at radius 3 is 2.17 bits per heavy atom. The van der Waals surface area contributed by atoms with Crippen LogP contribution in [0.25, 0.3) is 0 Å². The van der Waals surface area contributed by atoms with Crippen molar-refractivity contribution in [1.29, 1.82) is 0 Å². The molecule has 4 nitrogen and oxygen atoms in total. The van der Waals surface area contributed by atoms with E-state index in [1.54, 1.807) is 15.8 Å². The van der Waals surface area contributed by atoms with Gasteiger partial charge in [0, 0.05) is 24.2 Å². The monoisotopic (exact) mass is 286 g/mol. The lowest BCUT2D eigenvalue weighted by atomic mass is 10.4. The molecule has 2 fully saturated rings. The Bertz CT molecular complexity index is 516. The van der Waals surface area contributed by atoms with Crippen molar-refractivity contribution in [2.45, 2.75) is 29.9 Å². The zero-order valence-corrected chi connectivity index (χ0v) is 11.8. The van der Waals surface area contributed by atoms with Gasteiger partial charge in [-0.15, -0.1) is 11.3 Å². The van der Waals surface area contributed by atoms with E-state index in [-0.39, 0.29) is 0 Å². The topological polar surface area (TPSA) is 63.4 Å². The number of nitrogen functional groups attached to an aromatic ring is 1. The van der Waals surface area contributed by atoms with Gasteiger partial charge < -0.3 is 5.73 Å². The Kier molecular flexibility index (Phi) is 3.11. The number of sulfonamides is 1. The number of rotatable bonds is 6. The number of nitrogens with two attached hydrogens (primary N) is 1. The van der Waals surface area contributed by atoms with Crippen molar-refractivity contribution in [3.05, 3.63) is 11.4 Å². The summed E-state index contributed by atoms with van der Waals surface area (Å²) in [6, 6.07) is 1.58. The minimum absolute atomic E-state index is 0.390. The van der Waals surface area contributed by atoms with Crippen molar-refractivity contribution in [2.24, 2.45) is 11.8 Å². The van der Waals surface area contributed by atoms with Crippen LogP contribution < -0.4 is 5.73 Å². The quantitative estimate of drug-likeness (QED) is 0.871. The van der Waals surface area contributed by atoms with Crippen molar-refractivity contribution in [1.82, 2.24) is 4.31 Å². The molecule has 2 aliphatic rings. The molecule has 0 aliphatic heterocycles.